The fraction of sp³-hybridized carbons (Fsp3) is 0. The summed E-state index contributed by atoms with van der Waals surface area (Å²) < 4.78 is 8.88. The molecule has 9 rings (SSSR count). The highest BCUT2D eigenvalue weighted by Gasteiger charge is 2.18. The predicted octanol–water partition coefficient (Wildman–Crippen LogP) is 10.9. The van der Waals surface area contributed by atoms with Crippen molar-refractivity contribution in [1.29, 1.82) is 0 Å². The lowest BCUT2D eigenvalue weighted by Crippen LogP contribution is -1.97. The Morgan fingerprint density at radius 3 is 1.91 bits per heavy atom. The molecule has 0 saturated carbocycles. The lowest BCUT2D eigenvalue weighted by molar-refractivity contribution is 0.486. The molecule has 0 saturated heterocycles. The molecule has 0 N–H and O–H groups in total. The van der Waals surface area contributed by atoms with Crippen LogP contribution in [0.5, 0.6) is 11.5 Å². The molecule has 4 heteroatoms. The number of hydrogen-bond donors (Lipinski definition) is 0. The van der Waals surface area contributed by atoms with Crippen molar-refractivity contribution >= 4 is 34.1 Å². The molecular weight excluding hydrogens is 562 g/mol. The van der Waals surface area contributed by atoms with Crippen molar-refractivity contribution in [3.8, 4) is 50.7 Å². The van der Waals surface area contributed by atoms with Crippen molar-refractivity contribution < 1.29 is 4.74 Å². The summed E-state index contributed by atoms with van der Waals surface area (Å²) in [5.74, 6) is 2.50. The third kappa shape index (κ3) is 4.31. The Hall–Kier alpha value is -6.26. The van der Waals surface area contributed by atoms with Crippen LogP contribution < -0.4 is 4.74 Å². The molecule has 1 aliphatic heterocycles. The standard InChI is InChI=1S/C42H27N3O/c1-2-11-32-28(10-1)18-19-29-20-21-30(26-36(29)34-13-4-6-16-40(34)46-39-15-5-3-12-33(32)39)31-22-23-38-37(27-31)35-14-9-25-44-42(35)45(38)41-17-7-8-24-43-41/h1-27H. The van der Waals surface area contributed by atoms with E-state index in [4.69, 9.17) is 9.72 Å². The summed E-state index contributed by atoms with van der Waals surface area (Å²) in [6.07, 6.45) is 8.09. The maximum atomic E-state index is 6.74. The molecule has 8 aromatic rings. The van der Waals surface area contributed by atoms with Crippen LogP contribution in [-0.4, -0.2) is 14.5 Å². The van der Waals surface area contributed by atoms with E-state index >= 15 is 0 Å². The summed E-state index contributed by atoms with van der Waals surface area (Å²) in [7, 11) is 0. The topological polar surface area (TPSA) is 39.9 Å². The molecule has 0 fully saturated rings. The van der Waals surface area contributed by atoms with Gasteiger partial charge < -0.3 is 4.74 Å². The van der Waals surface area contributed by atoms with Gasteiger partial charge in [-0.05, 0) is 88.0 Å². The molecule has 3 aromatic heterocycles. The van der Waals surface area contributed by atoms with Crippen molar-refractivity contribution in [2.75, 3.05) is 0 Å². The van der Waals surface area contributed by atoms with E-state index in [0.29, 0.717) is 0 Å². The molecule has 216 valence electrons. The fourth-order valence-electron chi connectivity index (χ4n) is 6.60. The van der Waals surface area contributed by atoms with Crippen molar-refractivity contribution in [2.45, 2.75) is 0 Å². The highest BCUT2D eigenvalue weighted by Crippen LogP contribution is 2.43. The first-order chi connectivity index (χ1) is 22.8. The quantitative estimate of drug-likeness (QED) is 0.201. The smallest absolute Gasteiger partial charge is 0.146 e. The maximum Gasteiger partial charge on any atom is 0.146 e. The number of pyridine rings is 2. The molecule has 0 atom stereocenters. The van der Waals surface area contributed by atoms with Gasteiger partial charge in [0.05, 0.1) is 5.52 Å². The Morgan fingerprint density at radius 1 is 0.457 bits per heavy atom. The summed E-state index contributed by atoms with van der Waals surface area (Å²) >= 11 is 0. The first-order valence-corrected chi connectivity index (χ1v) is 15.4. The van der Waals surface area contributed by atoms with Crippen LogP contribution >= 0.6 is 0 Å². The van der Waals surface area contributed by atoms with Crippen molar-refractivity contribution in [3.63, 3.8) is 0 Å². The Morgan fingerprint density at radius 2 is 1.11 bits per heavy atom. The molecule has 0 amide bonds. The van der Waals surface area contributed by atoms with Crippen LogP contribution in [-0.2, 0) is 0 Å². The third-order valence-corrected chi connectivity index (χ3v) is 8.77. The van der Waals surface area contributed by atoms with Gasteiger partial charge >= 0.3 is 0 Å². The Labute approximate surface area is 266 Å². The van der Waals surface area contributed by atoms with Crippen molar-refractivity contribution in [3.05, 3.63) is 163 Å². The lowest BCUT2D eigenvalue weighted by atomic mass is 9.92. The molecule has 46 heavy (non-hydrogen) atoms. The molecule has 0 bridgehead atoms. The monoisotopic (exact) mass is 589 g/mol. The van der Waals surface area contributed by atoms with E-state index in [1.165, 1.54) is 0 Å². The Bertz CT molecular complexity index is 2460. The summed E-state index contributed by atoms with van der Waals surface area (Å²) in [6, 6.07) is 48.5. The fourth-order valence-corrected chi connectivity index (χ4v) is 6.60. The average molecular weight is 590 g/mol. The number of benzene rings is 5. The highest BCUT2D eigenvalue weighted by molar-refractivity contribution is 6.09. The molecule has 0 aliphatic carbocycles. The normalized spacial score (nSPS) is 12.0. The summed E-state index contributed by atoms with van der Waals surface area (Å²) in [5.41, 5.74) is 10.9. The summed E-state index contributed by atoms with van der Waals surface area (Å²) in [5, 5.41) is 2.24. The van der Waals surface area contributed by atoms with Crippen LogP contribution in [0.3, 0.4) is 0 Å². The van der Waals surface area contributed by atoms with Crippen LogP contribution in [0, 0.1) is 0 Å². The van der Waals surface area contributed by atoms with Gasteiger partial charge in [0.1, 0.15) is 23.0 Å². The third-order valence-electron chi connectivity index (χ3n) is 8.77. The highest BCUT2D eigenvalue weighted by atomic mass is 16.5. The van der Waals surface area contributed by atoms with Gasteiger partial charge in [-0.25, -0.2) is 9.97 Å². The van der Waals surface area contributed by atoms with E-state index in [-0.39, 0.29) is 0 Å². The lowest BCUT2D eigenvalue weighted by Gasteiger charge is -2.16. The van der Waals surface area contributed by atoms with Gasteiger partial charge in [-0.3, -0.25) is 4.57 Å². The van der Waals surface area contributed by atoms with Crippen LogP contribution in [0.2, 0.25) is 0 Å². The van der Waals surface area contributed by atoms with Gasteiger partial charge in [0.25, 0.3) is 0 Å². The van der Waals surface area contributed by atoms with Crippen molar-refractivity contribution in [1.82, 2.24) is 14.5 Å². The molecule has 0 radical (unpaired) electrons. The number of nitrogens with zero attached hydrogens (tertiary/aromatic N) is 3. The second-order valence-corrected chi connectivity index (χ2v) is 11.4. The minimum atomic E-state index is 0.820. The number of fused-ring (bicyclic) bond motifs is 9. The SMILES string of the molecule is C1=Cc2ccc(-c3ccc4c(c3)c3cccnc3n4-c3ccccn3)cc2-c2ccccc2Oc2ccccc2-c2ccccc21. The summed E-state index contributed by atoms with van der Waals surface area (Å²) in [6.45, 7) is 0. The molecule has 0 unspecified atom stereocenters. The second-order valence-electron chi connectivity index (χ2n) is 11.4. The second kappa shape index (κ2) is 10.7. The van der Waals surface area contributed by atoms with E-state index in [1.54, 1.807) is 0 Å². The van der Waals surface area contributed by atoms with Gasteiger partial charge in [-0.2, -0.15) is 0 Å². The van der Waals surface area contributed by atoms with Crippen LogP contribution in [0.4, 0.5) is 0 Å². The number of aromatic nitrogens is 3. The largest absolute Gasteiger partial charge is 0.456 e. The minimum Gasteiger partial charge on any atom is -0.456 e. The predicted molar refractivity (Wildman–Crippen MR) is 188 cm³/mol. The van der Waals surface area contributed by atoms with E-state index < -0.39 is 0 Å². The summed E-state index contributed by atoms with van der Waals surface area (Å²) in [4.78, 5) is 9.40. The Kier molecular flexibility index (Phi) is 6.10. The first kappa shape index (κ1) is 26.2. The van der Waals surface area contributed by atoms with Crippen LogP contribution in [0.25, 0.3) is 73.3 Å². The van der Waals surface area contributed by atoms with E-state index in [9.17, 15) is 0 Å². The zero-order chi connectivity index (χ0) is 30.5. The number of ether oxygens (including phenoxy) is 1. The zero-order valence-corrected chi connectivity index (χ0v) is 24.8. The van der Waals surface area contributed by atoms with Gasteiger partial charge in [0.2, 0.25) is 0 Å². The number of para-hydroxylation sites is 2. The van der Waals surface area contributed by atoms with Crippen LogP contribution in [0.1, 0.15) is 11.1 Å². The van der Waals surface area contributed by atoms with E-state index in [1.807, 2.05) is 54.9 Å². The first-order valence-electron chi connectivity index (χ1n) is 15.4. The van der Waals surface area contributed by atoms with Crippen LogP contribution in [0.15, 0.2) is 152 Å². The number of rotatable bonds is 2. The van der Waals surface area contributed by atoms with E-state index in [2.05, 4.69) is 119 Å². The van der Waals surface area contributed by atoms with Gasteiger partial charge in [0.15, 0.2) is 0 Å². The number of hydrogen-bond acceptors (Lipinski definition) is 3. The molecule has 4 heterocycles. The molecule has 4 nitrogen and oxygen atoms in total. The van der Waals surface area contributed by atoms with Gasteiger partial charge in [0, 0.05) is 34.3 Å². The maximum absolute atomic E-state index is 6.74. The molecular formula is C42H27N3O. The Balaban J connectivity index is 1.24. The van der Waals surface area contributed by atoms with Gasteiger partial charge in [-0.1, -0.05) is 97.1 Å². The molecule has 5 aromatic carbocycles. The molecule has 1 aliphatic rings. The zero-order valence-electron chi connectivity index (χ0n) is 24.8. The average Bonchev–Trinajstić information content (AvgIpc) is 3.44. The van der Waals surface area contributed by atoms with Crippen molar-refractivity contribution in [2.24, 2.45) is 0 Å². The minimum absolute atomic E-state index is 0.820. The van der Waals surface area contributed by atoms with Gasteiger partial charge in [-0.15, -0.1) is 0 Å². The molecule has 0 spiro atoms. The van der Waals surface area contributed by atoms with E-state index in [0.717, 1.165) is 83.8 Å².